The van der Waals surface area contributed by atoms with Crippen LogP contribution < -0.4 is 10.0 Å². The van der Waals surface area contributed by atoms with Crippen molar-refractivity contribution >= 4 is 67.8 Å². The number of nitro groups is 1. The molecule has 3 rings (SSSR count). The van der Waals surface area contributed by atoms with Gasteiger partial charge in [-0.1, -0.05) is 34.8 Å². The minimum atomic E-state index is -4.14. The Hall–Kier alpha value is -2.85. The second-order valence-electron chi connectivity index (χ2n) is 6.13. The summed E-state index contributed by atoms with van der Waals surface area (Å²) in [6.07, 6.45) is 0. The first-order chi connectivity index (χ1) is 14.6. The maximum Gasteiger partial charge on any atom is 0.294 e. The average molecular weight is 501 g/mol. The van der Waals surface area contributed by atoms with Crippen molar-refractivity contribution in [2.24, 2.45) is 0 Å². The quantitative estimate of drug-likeness (QED) is 0.337. The molecule has 0 fully saturated rings. The molecule has 12 heteroatoms. The van der Waals surface area contributed by atoms with Crippen LogP contribution in [0, 0.1) is 10.1 Å². The molecule has 160 valence electrons. The lowest BCUT2D eigenvalue weighted by Crippen LogP contribution is -2.17. The molecule has 0 aliphatic carbocycles. The third-order valence-corrected chi connectivity index (χ3v) is 6.33. The van der Waals surface area contributed by atoms with Crippen molar-refractivity contribution < 1.29 is 18.1 Å². The molecule has 0 bridgehead atoms. The zero-order chi connectivity index (χ0) is 22.8. The summed E-state index contributed by atoms with van der Waals surface area (Å²) in [5.74, 6) is -0.773. The minimum absolute atomic E-state index is 0.0786. The standard InChI is InChI=1S/C19H12Cl3N3O5S/c20-12-2-5-14(6-3-12)24-31(29,30)18-9-11(1-7-15(18)22)19(26)23-16-8-4-13(21)10-17(16)25(27)28/h1-10,24H,(H,23,26). The Morgan fingerprint density at radius 3 is 2.19 bits per heavy atom. The van der Waals surface area contributed by atoms with Crippen LogP contribution in [0.25, 0.3) is 0 Å². The zero-order valence-electron chi connectivity index (χ0n) is 15.3. The second kappa shape index (κ2) is 9.11. The van der Waals surface area contributed by atoms with E-state index in [4.69, 9.17) is 34.8 Å². The molecular formula is C19H12Cl3N3O5S. The van der Waals surface area contributed by atoms with Crippen LogP contribution in [-0.4, -0.2) is 19.2 Å². The molecule has 2 N–H and O–H groups in total. The number of nitrogens with zero attached hydrogens (tertiary/aromatic N) is 1. The SMILES string of the molecule is O=C(Nc1ccc(Cl)cc1[N+](=O)[O-])c1ccc(Cl)c(S(=O)(=O)Nc2ccc(Cl)cc2)c1. The van der Waals surface area contributed by atoms with E-state index in [-0.39, 0.29) is 31.9 Å². The van der Waals surface area contributed by atoms with Crippen LogP contribution in [0.1, 0.15) is 10.4 Å². The van der Waals surface area contributed by atoms with Gasteiger partial charge in [0.05, 0.1) is 9.95 Å². The molecule has 0 heterocycles. The first-order valence-corrected chi connectivity index (χ1v) is 11.0. The van der Waals surface area contributed by atoms with Crippen molar-refractivity contribution in [2.75, 3.05) is 10.0 Å². The molecule has 1 amide bonds. The first-order valence-electron chi connectivity index (χ1n) is 8.40. The summed E-state index contributed by atoms with van der Waals surface area (Å²) in [6.45, 7) is 0. The third kappa shape index (κ3) is 5.45. The molecule has 0 atom stereocenters. The summed E-state index contributed by atoms with van der Waals surface area (Å²) in [4.78, 5) is 22.8. The van der Waals surface area contributed by atoms with Crippen LogP contribution in [0.4, 0.5) is 17.1 Å². The number of hydrogen-bond donors (Lipinski definition) is 2. The number of sulfonamides is 1. The highest BCUT2D eigenvalue weighted by molar-refractivity contribution is 7.92. The number of hydrogen-bond acceptors (Lipinski definition) is 5. The number of carbonyl (C=O) groups is 1. The molecule has 0 aliphatic rings. The zero-order valence-corrected chi connectivity index (χ0v) is 18.4. The van der Waals surface area contributed by atoms with Crippen LogP contribution in [0.5, 0.6) is 0 Å². The number of anilines is 2. The van der Waals surface area contributed by atoms with Gasteiger partial charge in [0.15, 0.2) is 0 Å². The van der Waals surface area contributed by atoms with Crippen LogP contribution in [0.2, 0.25) is 15.1 Å². The van der Waals surface area contributed by atoms with E-state index in [2.05, 4.69) is 10.0 Å². The molecule has 0 unspecified atom stereocenters. The predicted octanol–water partition coefficient (Wildman–Crippen LogP) is 5.61. The van der Waals surface area contributed by atoms with Crippen LogP contribution in [0.15, 0.2) is 65.6 Å². The van der Waals surface area contributed by atoms with Gasteiger partial charge in [-0.3, -0.25) is 19.6 Å². The van der Waals surface area contributed by atoms with E-state index >= 15 is 0 Å². The Balaban J connectivity index is 1.91. The lowest BCUT2D eigenvalue weighted by molar-refractivity contribution is -0.383. The van der Waals surface area contributed by atoms with Gasteiger partial charge < -0.3 is 5.32 Å². The number of carbonyl (C=O) groups excluding carboxylic acids is 1. The fourth-order valence-corrected chi connectivity index (χ4v) is 4.41. The molecule has 0 aromatic heterocycles. The Labute approximate surface area is 191 Å². The largest absolute Gasteiger partial charge is 0.316 e. The van der Waals surface area contributed by atoms with E-state index in [1.165, 1.54) is 48.5 Å². The van der Waals surface area contributed by atoms with Gasteiger partial charge in [-0.2, -0.15) is 0 Å². The molecule has 0 saturated carbocycles. The van der Waals surface area contributed by atoms with Gasteiger partial charge in [-0.25, -0.2) is 8.42 Å². The smallest absolute Gasteiger partial charge is 0.294 e. The van der Waals surface area contributed by atoms with Gasteiger partial charge in [-0.15, -0.1) is 0 Å². The molecular weight excluding hydrogens is 489 g/mol. The van der Waals surface area contributed by atoms with E-state index in [1.807, 2.05) is 0 Å². The normalized spacial score (nSPS) is 11.1. The van der Waals surface area contributed by atoms with E-state index in [1.54, 1.807) is 0 Å². The number of amides is 1. The highest BCUT2D eigenvalue weighted by Gasteiger charge is 2.22. The highest BCUT2D eigenvalue weighted by atomic mass is 35.5. The van der Waals surface area contributed by atoms with E-state index < -0.39 is 26.5 Å². The molecule has 0 spiro atoms. The van der Waals surface area contributed by atoms with Gasteiger partial charge in [0.2, 0.25) is 0 Å². The molecule has 0 saturated heterocycles. The highest BCUT2D eigenvalue weighted by Crippen LogP contribution is 2.29. The van der Waals surface area contributed by atoms with Crippen molar-refractivity contribution in [3.8, 4) is 0 Å². The number of nitrogens with one attached hydrogen (secondary N) is 2. The monoisotopic (exact) mass is 499 g/mol. The lowest BCUT2D eigenvalue weighted by Gasteiger charge is -2.12. The molecule has 0 aliphatic heterocycles. The van der Waals surface area contributed by atoms with Gasteiger partial charge in [0.1, 0.15) is 10.6 Å². The molecule has 3 aromatic carbocycles. The third-order valence-electron chi connectivity index (χ3n) is 3.98. The number of rotatable bonds is 6. The fourth-order valence-electron chi connectivity index (χ4n) is 2.53. The van der Waals surface area contributed by atoms with Gasteiger partial charge in [0.25, 0.3) is 21.6 Å². The Bertz CT molecular complexity index is 1280. The Morgan fingerprint density at radius 2 is 1.55 bits per heavy atom. The molecule has 3 aromatic rings. The summed E-state index contributed by atoms with van der Waals surface area (Å²) in [5, 5.41) is 14.0. The Morgan fingerprint density at radius 1 is 0.903 bits per heavy atom. The van der Waals surface area contributed by atoms with Crippen molar-refractivity contribution in [2.45, 2.75) is 4.90 Å². The number of nitro benzene ring substituents is 1. The van der Waals surface area contributed by atoms with E-state index in [0.29, 0.717) is 5.02 Å². The fraction of sp³-hybridized carbons (Fsp3) is 0. The van der Waals surface area contributed by atoms with Crippen molar-refractivity contribution in [3.63, 3.8) is 0 Å². The molecule has 8 nitrogen and oxygen atoms in total. The van der Waals surface area contributed by atoms with E-state index in [0.717, 1.165) is 12.1 Å². The predicted molar refractivity (Wildman–Crippen MR) is 120 cm³/mol. The maximum absolute atomic E-state index is 12.8. The minimum Gasteiger partial charge on any atom is -0.316 e. The Kier molecular flexibility index (Phi) is 6.71. The lowest BCUT2D eigenvalue weighted by atomic mass is 10.2. The van der Waals surface area contributed by atoms with Crippen LogP contribution in [0.3, 0.4) is 0 Å². The second-order valence-corrected chi connectivity index (χ2v) is 9.06. The number of halogens is 3. The summed E-state index contributed by atoms with van der Waals surface area (Å²) < 4.78 is 27.9. The summed E-state index contributed by atoms with van der Waals surface area (Å²) in [7, 11) is -4.14. The van der Waals surface area contributed by atoms with Crippen LogP contribution in [-0.2, 0) is 10.0 Å². The maximum atomic E-state index is 12.8. The van der Waals surface area contributed by atoms with Crippen LogP contribution >= 0.6 is 34.8 Å². The van der Waals surface area contributed by atoms with E-state index in [9.17, 15) is 23.3 Å². The van der Waals surface area contributed by atoms with Crippen molar-refractivity contribution in [1.82, 2.24) is 0 Å². The molecule has 31 heavy (non-hydrogen) atoms. The summed E-state index contributed by atoms with van der Waals surface area (Å²) in [5.41, 5.74) is -0.345. The van der Waals surface area contributed by atoms with Crippen molar-refractivity contribution in [3.05, 3.63) is 91.4 Å². The van der Waals surface area contributed by atoms with Crippen molar-refractivity contribution in [1.29, 1.82) is 0 Å². The topological polar surface area (TPSA) is 118 Å². The van der Waals surface area contributed by atoms with Gasteiger partial charge in [0, 0.05) is 27.4 Å². The number of benzene rings is 3. The molecule has 0 radical (unpaired) electrons. The van der Waals surface area contributed by atoms with Gasteiger partial charge in [-0.05, 0) is 54.6 Å². The summed E-state index contributed by atoms with van der Waals surface area (Å²) >= 11 is 17.6. The first kappa shape index (κ1) is 22.8. The average Bonchev–Trinajstić information content (AvgIpc) is 2.71. The summed E-state index contributed by atoms with van der Waals surface area (Å²) in [6, 6.07) is 13.3. The van der Waals surface area contributed by atoms with Gasteiger partial charge >= 0.3 is 0 Å².